The molecule has 24 heavy (non-hydrogen) atoms. The first kappa shape index (κ1) is 16.5. The number of thiophene rings is 1. The van der Waals surface area contributed by atoms with Crippen molar-refractivity contribution >= 4 is 29.1 Å². The highest BCUT2D eigenvalue weighted by Gasteiger charge is 2.13. The van der Waals surface area contributed by atoms with E-state index in [-0.39, 0.29) is 5.82 Å². The van der Waals surface area contributed by atoms with Gasteiger partial charge in [0.05, 0.1) is 0 Å². The van der Waals surface area contributed by atoms with Crippen molar-refractivity contribution in [2.24, 2.45) is 0 Å². The zero-order chi connectivity index (χ0) is 17.1. The number of carbonyl (C=O) groups is 1. The molecule has 0 spiro atoms. The van der Waals surface area contributed by atoms with Crippen LogP contribution in [0.3, 0.4) is 0 Å². The van der Waals surface area contributed by atoms with Gasteiger partial charge in [-0.25, -0.2) is 13.9 Å². The summed E-state index contributed by atoms with van der Waals surface area (Å²) >= 11 is 2.60. The molecule has 0 bridgehead atoms. The summed E-state index contributed by atoms with van der Waals surface area (Å²) in [5.74, 6) is 5.91. The average molecular weight is 364 g/mol. The van der Waals surface area contributed by atoms with Gasteiger partial charge in [0.15, 0.2) is 5.82 Å². The fraction of sp³-hybridized carbons (Fsp3) is 0.133. The molecule has 0 radical (unpaired) electrons. The molecule has 124 valence electrons. The smallest absolute Gasteiger partial charge is 0.345 e. The topological polar surface area (TPSA) is 94.0 Å². The van der Waals surface area contributed by atoms with E-state index in [1.165, 1.54) is 39.9 Å². The Labute approximate surface area is 145 Å². The first-order chi connectivity index (χ1) is 11.5. The van der Waals surface area contributed by atoms with Gasteiger partial charge in [-0.3, -0.25) is 0 Å². The second-order valence-corrected chi connectivity index (χ2v) is 7.04. The number of thioether (sulfide) groups is 1. The summed E-state index contributed by atoms with van der Waals surface area (Å²) in [5, 5.41) is 17.6. The van der Waals surface area contributed by atoms with Crippen LogP contribution >= 0.6 is 23.1 Å². The maximum absolute atomic E-state index is 12.9. The molecule has 1 aromatic carbocycles. The van der Waals surface area contributed by atoms with Crippen LogP contribution in [0.25, 0.3) is 0 Å². The number of aromatic nitrogens is 3. The van der Waals surface area contributed by atoms with Gasteiger partial charge in [-0.1, -0.05) is 23.9 Å². The number of halogens is 1. The highest BCUT2D eigenvalue weighted by molar-refractivity contribution is 7.98. The number of aromatic carboxylic acids is 1. The van der Waals surface area contributed by atoms with Crippen molar-refractivity contribution in [3.63, 3.8) is 0 Å². The lowest BCUT2D eigenvalue weighted by molar-refractivity contribution is 0.0702. The Kier molecular flexibility index (Phi) is 4.81. The summed E-state index contributed by atoms with van der Waals surface area (Å²) in [6, 6.07) is 9.48. The fourth-order valence-corrected chi connectivity index (χ4v) is 3.78. The van der Waals surface area contributed by atoms with Crippen molar-refractivity contribution < 1.29 is 14.3 Å². The Balaban J connectivity index is 1.65. The van der Waals surface area contributed by atoms with E-state index in [0.717, 1.165) is 10.4 Å². The minimum Gasteiger partial charge on any atom is -0.477 e. The van der Waals surface area contributed by atoms with Crippen LogP contribution in [0.4, 0.5) is 4.39 Å². The molecule has 0 atom stereocenters. The number of carboxylic acids is 1. The van der Waals surface area contributed by atoms with Crippen LogP contribution in [0, 0.1) is 5.82 Å². The van der Waals surface area contributed by atoms with Crippen LogP contribution < -0.4 is 5.84 Å². The number of nitrogens with zero attached hydrogens (tertiary/aromatic N) is 3. The molecule has 0 amide bonds. The molecule has 0 aliphatic carbocycles. The van der Waals surface area contributed by atoms with Crippen molar-refractivity contribution in [1.82, 2.24) is 14.9 Å². The number of benzene rings is 1. The molecule has 0 fully saturated rings. The quantitative estimate of drug-likeness (QED) is 0.516. The van der Waals surface area contributed by atoms with Crippen molar-refractivity contribution in [2.75, 3.05) is 5.84 Å². The van der Waals surface area contributed by atoms with Crippen molar-refractivity contribution in [3.05, 3.63) is 63.4 Å². The zero-order valence-electron chi connectivity index (χ0n) is 12.3. The van der Waals surface area contributed by atoms with Gasteiger partial charge in [-0.05, 0) is 29.8 Å². The minimum absolute atomic E-state index is 0.291. The van der Waals surface area contributed by atoms with E-state index in [0.29, 0.717) is 28.0 Å². The van der Waals surface area contributed by atoms with Crippen LogP contribution in [0.5, 0.6) is 0 Å². The first-order valence-corrected chi connectivity index (χ1v) is 8.72. The zero-order valence-corrected chi connectivity index (χ0v) is 14.0. The number of hydrogen-bond donors (Lipinski definition) is 2. The molecule has 0 aliphatic heterocycles. The van der Waals surface area contributed by atoms with Gasteiger partial charge in [0.25, 0.3) is 0 Å². The highest BCUT2D eigenvalue weighted by Crippen LogP contribution is 2.26. The van der Waals surface area contributed by atoms with Gasteiger partial charge in [0.2, 0.25) is 5.16 Å². The van der Waals surface area contributed by atoms with Crippen LogP contribution in [-0.2, 0) is 12.2 Å². The van der Waals surface area contributed by atoms with E-state index in [9.17, 15) is 9.18 Å². The van der Waals surface area contributed by atoms with Crippen molar-refractivity contribution in [3.8, 4) is 0 Å². The SMILES string of the molecule is Nn1c(Cc2ccc(F)cc2)nnc1SCc1ccc(C(=O)O)s1. The van der Waals surface area contributed by atoms with Gasteiger partial charge in [0, 0.05) is 17.1 Å². The predicted octanol–water partition coefficient (Wildman–Crippen LogP) is 2.77. The van der Waals surface area contributed by atoms with E-state index in [1.807, 2.05) is 0 Å². The van der Waals surface area contributed by atoms with E-state index < -0.39 is 5.97 Å². The molecule has 3 aromatic rings. The van der Waals surface area contributed by atoms with Gasteiger partial charge in [-0.15, -0.1) is 21.5 Å². The molecule has 0 aliphatic rings. The third-order valence-corrected chi connectivity index (χ3v) is 5.47. The summed E-state index contributed by atoms with van der Waals surface area (Å²) in [6.45, 7) is 0. The molecule has 2 aromatic heterocycles. The predicted molar refractivity (Wildman–Crippen MR) is 90.2 cm³/mol. The fourth-order valence-electron chi connectivity index (χ4n) is 2.02. The monoisotopic (exact) mass is 364 g/mol. The Morgan fingerprint density at radius 3 is 2.67 bits per heavy atom. The minimum atomic E-state index is -0.931. The van der Waals surface area contributed by atoms with Crippen LogP contribution in [0.2, 0.25) is 0 Å². The maximum Gasteiger partial charge on any atom is 0.345 e. The van der Waals surface area contributed by atoms with Gasteiger partial charge in [-0.2, -0.15) is 0 Å². The maximum atomic E-state index is 12.9. The van der Waals surface area contributed by atoms with Gasteiger partial charge in [0.1, 0.15) is 10.7 Å². The highest BCUT2D eigenvalue weighted by atomic mass is 32.2. The normalized spacial score (nSPS) is 10.9. The number of carboxylic acid groups (broad SMARTS) is 1. The van der Waals surface area contributed by atoms with E-state index >= 15 is 0 Å². The van der Waals surface area contributed by atoms with E-state index in [4.69, 9.17) is 10.9 Å². The second-order valence-electron chi connectivity index (χ2n) is 4.93. The summed E-state index contributed by atoms with van der Waals surface area (Å²) in [7, 11) is 0. The molecular formula is C15H13FN4O2S2. The van der Waals surface area contributed by atoms with E-state index in [1.54, 1.807) is 24.3 Å². The molecule has 3 N–H and O–H groups in total. The molecule has 6 nitrogen and oxygen atoms in total. The standard InChI is InChI=1S/C15H13FN4O2S2/c16-10-3-1-9(2-4-10)7-13-18-19-15(20(13)17)23-8-11-5-6-12(24-11)14(21)22/h1-6H,7-8,17H2,(H,21,22). The van der Waals surface area contributed by atoms with Crippen molar-refractivity contribution in [1.29, 1.82) is 0 Å². The lowest BCUT2D eigenvalue weighted by atomic mass is 10.1. The lowest BCUT2D eigenvalue weighted by Gasteiger charge is -2.03. The molecule has 0 unspecified atom stereocenters. The number of rotatable bonds is 6. The molecule has 2 heterocycles. The largest absolute Gasteiger partial charge is 0.477 e. The Morgan fingerprint density at radius 1 is 1.25 bits per heavy atom. The van der Waals surface area contributed by atoms with Gasteiger partial charge >= 0.3 is 5.97 Å². The number of nitrogen functional groups attached to an aromatic ring is 1. The summed E-state index contributed by atoms with van der Waals surface area (Å²) < 4.78 is 14.3. The Bertz CT molecular complexity index is 861. The summed E-state index contributed by atoms with van der Waals surface area (Å²) in [6.07, 6.45) is 0.451. The molecule has 3 rings (SSSR count). The molecule has 0 saturated heterocycles. The van der Waals surface area contributed by atoms with Gasteiger partial charge < -0.3 is 10.9 Å². The Morgan fingerprint density at radius 2 is 2.00 bits per heavy atom. The molecular weight excluding hydrogens is 351 g/mol. The lowest BCUT2D eigenvalue weighted by Crippen LogP contribution is -2.14. The third kappa shape index (κ3) is 3.74. The molecule has 0 saturated carbocycles. The first-order valence-electron chi connectivity index (χ1n) is 6.91. The van der Waals surface area contributed by atoms with Crippen molar-refractivity contribution in [2.45, 2.75) is 17.3 Å². The average Bonchev–Trinajstić information content (AvgIpc) is 3.16. The number of nitrogens with two attached hydrogens (primary N) is 1. The summed E-state index contributed by atoms with van der Waals surface area (Å²) in [5.41, 5.74) is 0.886. The number of hydrogen-bond acceptors (Lipinski definition) is 6. The van der Waals surface area contributed by atoms with Crippen LogP contribution in [0.1, 0.15) is 25.9 Å². The van der Waals surface area contributed by atoms with Crippen LogP contribution in [0.15, 0.2) is 41.6 Å². The molecule has 9 heteroatoms. The summed E-state index contributed by atoms with van der Waals surface area (Å²) in [4.78, 5) is 12.1. The second kappa shape index (κ2) is 7.02. The van der Waals surface area contributed by atoms with Crippen LogP contribution in [-0.4, -0.2) is 25.9 Å². The van der Waals surface area contributed by atoms with E-state index in [2.05, 4.69) is 10.2 Å². The Hall–Kier alpha value is -2.39. The third-order valence-electron chi connectivity index (χ3n) is 3.23.